The molecule has 38 heavy (non-hydrogen) atoms. The van der Waals surface area contributed by atoms with Gasteiger partial charge in [0, 0.05) is 34.6 Å². The molecule has 0 aromatic heterocycles. The van der Waals surface area contributed by atoms with E-state index >= 15 is 0 Å². The summed E-state index contributed by atoms with van der Waals surface area (Å²) in [6.07, 6.45) is 4.39. The molecule has 200 valence electrons. The second kappa shape index (κ2) is 13.5. The highest BCUT2D eigenvalue weighted by molar-refractivity contribution is 6.36. The molecule has 1 atom stereocenters. The van der Waals surface area contributed by atoms with Gasteiger partial charge in [0.15, 0.2) is 6.61 Å². The first kappa shape index (κ1) is 27.8. The topological polar surface area (TPSA) is 67.9 Å². The lowest BCUT2D eigenvalue weighted by atomic mass is 10.0. The van der Waals surface area contributed by atoms with E-state index in [4.69, 9.17) is 32.7 Å². The lowest BCUT2D eigenvalue weighted by Crippen LogP contribution is -2.53. The standard InChI is InChI=1S/C30H32Cl2N2O4/c1-37-23-14-16-24(17-15-23)38-20-29(35)34(19-25-26(31)12-7-13-27(25)32)28(18-21-8-3-2-4-9-21)30(36)33-22-10-5-6-11-22/h2-4,7-9,12-17,22,28H,5-6,10-11,18-20H2,1H3,(H,33,36)/t28-/m1/s1. The number of rotatable bonds is 11. The van der Waals surface area contributed by atoms with Gasteiger partial charge in [0.2, 0.25) is 5.91 Å². The van der Waals surface area contributed by atoms with Crippen LogP contribution >= 0.6 is 23.2 Å². The number of carbonyl (C=O) groups excluding carboxylic acids is 2. The molecule has 0 spiro atoms. The number of amides is 2. The van der Waals surface area contributed by atoms with E-state index < -0.39 is 6.04 Å². The van der Waals surface area contributed by atoms with E-state index in [1.54, 1.807) is 49.6 Å². The average Bonchev–Trinajstić information content (AvgIpc) is 3.44. The largest absolute Gasteiger partial charge is 0.497 e. The molecule has 0 aliphatic heterocycles. The highest BCUT2D eigenvalue weighted by Gasteiger charge is 2.33. The SMILES string of the molecule is COc1ccc(OCC(=O)N(Cc2c(Cl)cccc2Cl)[C@H](Cc2ccccc2)C(=O)NC2CCCC2)cc1. The van der Waals surface area contributed by atoms with Crippen molar-refractivity contribution in [1.29, 1.82) is 0 Å². The van der Waals surface area contributed by atoms with Crippen LogP contribution in [0.3, 0.4) is 0 Å². The Bertz CT molecular complexity index is 1190. The van der Waals surface area contributed by atoms with E-state index in [1.807, 2.05) is 30.3 Å². The second-order valence-electron chi connectivity index (χ2n) is 9.38. The van der Waals surface area contributed by atoms with Gasteiger partial charge in [0.25, 0.3) is 5.91 Å². The minimum Gasteiger partial charge on any atom is -0.497 e. The number of hydrogen-bond acceptors (Lipinski definition) is 4. The average molecular weight is 556 g/mol. The van der Waals surface area contributed by atoms with Gasteiger partial charge in [-0.15, -0.1) is 0 Å². The van der Waals surface area contributed by atoms with Crippen LogP contribution in [0.25, 0.3) is 0 Å². The first-order valence-electron chi connectivity index (χ1n) is 12.8. The first-order valence-corrected chi connectivity index (χ1v) is 13.5. The van der Waals surface area contributed by atoms with E-state index in [0.717, 1.165) is 31.2 Å². The third-order valence-corrected chi connectivity index (χ3v) is 7.49. The summed E-state index contributed by atoms with van der Waals surface area (Å²) in [6.45, 7) is -0.185. The Morgan fingerprint density at radius 3 is 2.18 bits per heavy atom. The zero-order valence-electron chi connectivity index (χ0n) is 21.4. The summed E-state index contributed by atoms with van der Waals surface area (Å²) in [5.41, 5.74) is 1.53. The highest BCUT2D eigenvalue weighted by Crippen LogP contribution is 2.28. The van der Waals surface area contributed by atoms with Crippen molar-refractivity contribution in [2.75, 3.05) is 13.7 Å². The maximum absolute atomic E-state index is 13.8. The van der Waals surface area contributed by atoms with Gasteiger partial charge in [-0.1, -0.05) is 72.4 Å². The normalized spacial score (nSPS) is 14.1. The van der Waals surface area contributed by atoms with Crippen molar-refractivity contribution in [3.8, 4) is 11.5 Å². The summed E-state index contributed by atoms with van der Waals surface area (Å²) in [7, 11) is 1.58. The molecule has 1 N–H and O–H groups in total. The van der Waals surface area contributed by atoms with Crippen LogP contribution in [-0.4, -0.2) is 42.5 Å². The number of methoxy groups -OCH3 is 1. The predicted molar refractivity (Wildman–Crippen MR) is 150 cm³/mol. The molecular formula is C30H32Cl2N2O4. The molecule has 2 amide bonds. The first-order chi connectivity index (χ1) is 18.4. The van der Waals surface area contributed by atoms with Crippen molar-refractivity contribution in [2.45, 2.75) is 50.7 Å². The van der Waals surface area contributed by atoms with Gasteiger partial charge in [-0.05, 0) is 54.8 Å². The summed E-state index contributed by atoms with van der Waals surface area (Å²) in [5, 5.41) is 4.05. The van der Waals surface area contributed by atoms with Gasteiger partial charge in [-0.25, -0.2) is 0 Å². The van der Waals surface area contributed by atoms with Crippen LogP contribution in [0.2, 0.25) is 10.0 Å². The molecule has 0 radical (unpaired) electrons. The van der Waals surface area contributed by atoms with Gasteiger partial charge in [0.1, 0.15) is 17.5 Å². The molecule has 0 bridgehead atoms. The van der Waals surface area contributed by atoms with Gasteiger partial charge >= 0.3 is 0 Å². The van der Waals surface area contributed by atoms with Gasteiger partial charge in [0.05, 0.1) is 7.11 Å². The summed E-state index contributed by atoms with van der Waals surface area (Å²) in [6, 6.07) is 21.2. The molecule has 3 aromatic carbocycles. The zero-order valence-corrected chi connectivity index (χ0v) is 22.9. The summed E-state index contributed by atoms with van der Waals surface area (Å²) in [5.74, 6) is 0.663. The van der Waals surface area contributed by atoms with Crippen LogP contribution in [0.5, 0.6) is 11.5 Å². The van der Waals surface area contributed by atoms with Crippen molar-refractivity contribution in [2.24, 2.45) is 0 Å². The van der Waals surface area contributed by atoms with E-state index in [9.17, 15) is 9.59 Å². The Morgan fingerprint density at radius 1 is 0.921 bits per heavy atom. The van der Waals surface area contributed by atoms with Crippen LogP contribution in [0.4, 0.5) is 0 Å². The van der Waals surface area contributed by atoms with Gasteiger partial charge < -0.3 is 19.7 Å². The maximum atomic E-state index is 13.8. The third-order valence-electron chi connectivity index (χ3n) is 6.78. The van der Waals surface area contributed by atoms with Crippen LogP contribution in [0.1, 0.15) is 36.8 Å². The summed E-state index contributed by atoms with van der Waals surface area (Å²) >= 11 is 13.0. The Balaban J connectivity index is 1.63. The number of hydrogen-bond donors (Lipinski definition) is 1. The molecule has 1 saturated carbocycles. The quantitative estimate of drug-likeness (QED) is 0.312. The van der Waals surface area contributed by atoms with Gasteiger partial charge in [-0.3, -0.25) is 9.59 Å². The molecule has 8 heteroatoms. The monoisotopic (exact) mass is 554 g/mol. The van der Waals surface area contributed by atoms with E-state index in [0.29, 0.717) is 33.5 Å². The maximum Gasteiger partial charge on any atom is 0.261 e. The predicted octanol–water partition coefficient (Wildman–Crippen LogP) is 6.08. The number of nitrogens with one attached hydrogen (secondary N) is 1. The Hall–Kier alpha value is -3.22. The summed E-state index contributed by atoms with van der Waals surface area (Å²) in [4.78, 5) is 29.0. The van der Waals surface area contributed by atoms with Crippen LogP contribution in [-0.2, 0) is 22.6 Å². The molecule has 4 rings (SSSR count). The number of halogens is 2. The van der Waals surface area contributed by atoms with Crippen LogP contribution < -0.4 is 14.8 Å². The number of carbonyl (C=O) groups is 2. The molecule has 6 nitrogen and oxygen atoms in total. The Labute approximate surface area is 233 Å². The second-order valence-corrected chi connectivity index (χ2v) is 10.2. The van der Waals surface area contributed by atoms with E-state index in [2.05, 4.69) is 5.32 Å². The number of nitrogens with zero attached hydrogens (tertiary/aromatic N) is 1. The number of benzene rings is 3. The van der Waals surface area contributed by atoms with Crippen molar-refractivity contribution < 1.29 is 19.1 Å². The smallest absolute Gasteiger partial charge is 0.261 e. The summed E-state index contributed by atoms with van der Waals surface area (Å²) < 4.78 is 11.0. The van der Waals surface area contributed by atoms with Crippen LogP contribution in [0.15, 0.2) is 72.8 Å². The number of ether oxygens (including phenoxy) is 2. The van der Waals surface area contributed by atoms with Crippen molar-refractivity contribution in [1.82, 2.24) is 10.2 Å². The fourth-order valence-electron chi connectivity index (χ4n) is 4.68. The molecule has 0 unspecified atom stereocenters. The molecule has 0 saturated heterocycles. The molecular weight excluding hydrogens is 523 g/mol. The minimum absolute atomic E-state index is 0.0684. The van der Waals surface area contributed by atoms with Crippen molar-refractivity contribution in [3.05, 3.63) is 94.0 Å². The molecule has 1 aliphatic carbocycles. The molecule has 1 aliphatic rings. The third kappa shape index (κ3) is 7.42. The Kier molecular flexibility index (Phi) is 9.91. The lowest BCUT2D eigenvalue weighted by Gasteiger charge is -2.32. The van der Waals surface area contributed by atoms with E-state index in [-0.39, 0.29) is 31.0 Å². The van der Waals surface area contributed by atoms with Crippen molar-refractivity contribution >= 4 is 35.0 Å². The molecule has 3 aromatic rings. The minimum atomic E-state index is -0.780. The Morgan fingerprint density at radius 2 is 1.55 bits per heavy atom. The van der Waals surface area contributed by atoms with Crippen molar-refractivity contribution in [3.63, 3.8) is 0 Å². The fourth-order valence-corrected chi connectivity index (χ4v) is 5.19. The molecule has 0 heterocycles. The molecule has 1 fully saturated rings. The zero-order chi connectivity index (χ0) is 26.9. The van der Waals surface area contributed by atoms with E-state index in [1.165, 1.54) is 4.90 Å². The fraction of sp³-hybridized carbons (Fsp3) is 0.333. The highest BCUT2D eigenvalue weighted by atomic mass is 35.5. The van der Waals surface area contributed by atoms with Gasteiger partial charge in [-0.2, -0.15) is 0 Å². The van der Waals surface area contributed by atoms with Crippen LogP contribution in [0, 0.1) is 0 Å². The lowest BCUT2D eigenvalue weighted by molar-refractivity contribution is -0.143.